The van der Waals surface area contributed by atoms with Gasteiger partial charge in [-0.2, -0.15) is 0 Å². The van der Waals surface area contributed by atoms with Crippen molar-refractivity contribution in [2.75, 3.05) is 38.0 Å². The lowest BCUT2D eigenvalue weighted by Gasteiger charge is -2.31. The van der Waals surface area contributed by atoms with Crippen molar-refractivity contribution < 1.29 is 14.4 Å². The van der Waals surface area contributed by atoms with E-state index >= 15 is 0 Å². The molecule has 2 fully saturated rings. The Kier molecular flexibility index (Phi) is 7.03. The molecule has 2 aliphatic rings. The fraction of sp³-hybridized carbons (Fsp3) is 0.571. The van der Waals surface area contributed by atoms with Crippen LogP contribution >= 0.6 is 0 Å². The molecule has 1 aromatic rings. The summed E-state index contributed by atoms with van der Waals surface area (Å²) >= 11 is 0. The van der Waals surface area contributed by atoms with Gasteiger partial charge in [-0.15, -0.1) is 0 Å². The number of nitrogens with one attached hydrogen (secondary N) is 2. The van der Waals surface area contributed by atoms with Crippen molar-refractivity contribution in [2.45, 2.75) is 45.1 Å². The van der Waals surface area contributed by atoms with Crippen LogP contribution in [0.25, 0.3) is 0 Å². The molecule has 1 saturated carbocycles. The van der Waals surface area contributed by atoms with Crippen LogP contribution in [0.15, 0.2) is 24.3 Å². The summed E-state index contributed by atoms with van der Waals surface area (Å²) in [6, 6.07) is 7.18. The van der Waals surface area contributed by atoms with Crippen molar-refractivity contribution in [3.05, 3.63) is 29.8 Å². The van der Waals surface area contributed by atoms with Gasteiger partial charge in [0, 0.05) is 63.4 Å². The molecule has 0 unspecified atom stereocenters. The first-order valence-electron chi connectivity index (χ1n) is 10.2. The summed E-state index contributed by atoms with van der Waals surface area (Å²) in [7, 11) is 0. The summed E-state index contributed by atoms with van der Waals surface area (Å²) in [6.07, 6.45) is 4.62. The minimum Gasteiger partial charge on any atom is -0.340 e. The van der Waals surface area contributed by atoms with Crippen molar-refractivity contribution in [2.24, 2.45) is 0 Å². The Morgan fingerprint density at radius 2 is 1.75 bits per heavy atom. The van der Waals surface area contributed by atoms with E-state index in [1.807, 2.05) is 9.80 Å². The summed E-state index contributed by atoms with van der Waals surface area (Å²) < 4.78 is 0. The summed E-state index contributed by atoms with van der Waals surface area (Å²) in [4.78, 5) is 40.6. The molecule has 7 heteroatoms. The third kappa shape index (κ3) is 5.32. The number of amides is 3. The van der Waals surface area contributed by atoms with Gasteiger partial charge in [-0.25, -0.2) is 0 Å². The van der Waals surface area contributed by atoms with Gasteiger partial charge >= 0.3 is 0 Å². The molecule has 1 saturated heterocycles. The Bertz CT molecular complexity index is 692. The van der Waals surface area contributed by atoms with Gasteiger partial charge in [0.05, 0.1) is 0 Å². The van der Waals surface area contributed by atoms with Crippen molar-refractivity contribution in [1.82, 2.24) is 15.1 Å². The third-order valence-corrected chi connectivity index (χ3v) is 5.51. The molecule has 3 rings (SSSR count). The first-order valence-corrected chi connectivity index (χ1v) is 10.2. The standard InChI is InChI=1S/C21H30N4O3/c1-16(26)23-18-8-6-17(7-9-18)21(28)25(19-4-2-3-5-19)13-10-20(27)24-14-11-22-12-15-24/h6-9,19,22H,2-5,10-15H2,1H3,(H,23,26). The lowest BCUT2D eigenvalue weighted by Crippen LogP contribution is -2.48. The first kappa shape index (κ1) is 20.3. The molecule has 0 atom stereocenters. The number of hydrogen-bond acceptors (Lipinski definition) is 4. The summed E-state index contributed by atoms with van der Waals surface area (Å²) in [6.45, 7) is 5.05. The molecule has 1 aliphatic heterocycles. The number of nitrogens with zero attached hydrogens (tertiary/aromatic N) is 2. The lowest BCUT2D eigenvalue weighted by atomic mass is 10.1. The summed E-state index contributed by atoms with van der Waals surface area (Å²) in [5, 5.41) is 5.96. The maximum atomic E-state index is 13.2. The first-order chi connectivity index (χ1) is 13.5. The fourth-order valence-corrected chi connectivity index (χ4v) is 4.02. The Labute approximate surface area is 166 Å². The SMILES string of the molecule is CC(=O)Nc1ccc(C(=O)N(CCC(=O)N2CCNCC2)C2CCCC2)cc1. The zero-order valence-corrected chi connectivity index (χ0v) is 16.6. The Hall–Kier alpha value is -2.41. The van der Waals surface area contributed by atoms with E-state index in [-0.39, 0.29) is 23.8 Å². The highest BCUT2D eigenvalue weighted by Crippen LogP contribution is 2.25. The second-order valence-electron chi connectivity index (χ2n) is 7.58. The molecular formula is C21H30N4O3. The predicted molar refractivity (Wildman–Crippen MR) is 108 cm³/mol. The average molecular weight is 386 g/mol. The van der Waals surface area contributed by atoms with Crippen LogP contribution in [0.2, 0.25) is 0 Å². The van der Waals surface area contributed by atoms with Gasteiger partial charge in [-0.1, -0.05) is 12.8 Å². The second kappa shape index (κ2) is 9.68. The van der Waals surface area contributed by atoms with E-state index in [0.717, 1.165) is 51.9 Å². The number of piperazine rings is 1. The smallest absolute Gasteiger partial charge is 0.254 e. The van der Waals surface area contributed by atoms with Crippen molar-refractivity contribution in [3.63, 3.8) is 0 Å². The van der Waals surface area contributed by atoms with Crippen LogP contribution in [-0.4, -0.2) is 66.3 Å². The van der Waals surface area contributed by atoms with Gasteiger partial charge in [0.2, 0.25) is 11.8 Å². The molecule has 2 N–H and O–H groups in total. The Balaban J connectivity index is 1.65. The van der Waals surface area contributed by atoms with E-state index in [0.29, 0.717) is 24.2 Å². The highest BCUT2D eigenvalue weighted by molar-refractivity contribution is 5.96. The van der Waals surface area contributed by atoms with E-state index < -0.39 is 0 Å². The van der Waals surface area contributed by atoms with Gasteiger partial charge < -0.3 is 20.4 Å². The molecule has 0 radical (unpaired) electrons. The van der Waals surface area contributed by atoms with E-state index in [9.17, 15) is 14.4 Å². The van der Waals surface area contributed by atoms with Crippen LogP contribution in [0, 0.1) is 0 Å². The van der Waals surface area contributed by atoms with Crippen molar-refractivity contribution in [3.8, 4) is 0 Å². The highest BCUT2D eigenvalue weighted by Gasteiger charge is 2.28. The molecule has 0 bridgehead atoms. The lowest BCUT2D eigenvalue weighted by molar-refractivity contribution is -0.132. The van der Waals surface area contributed by atoms with Gasteiger partial charge in [-0.05, 0) is 37.1 Å². The van der Waals surface area contributed by atoms with E-state index in [1.165, 1.54) is 6.92 Å². The van der Waals surface area contributed by atoms with Gasteiger partial charge in [0.25, 0.3) is 5.91 Å². The van der Waals surface area contributed by atoms with Crippen LogP contribution in [-0.2, 0) is 9.59 Å². The third-order valence-electron chi connectivity index (χ3n) is 5.51. The normalized spacial score (nSPS) is 17.4. The highest BCUT2D eigenvalue weighted by atomic mass is 16.2. The second-order valence-corrected chi connectivity index (χ2v) is 7.58. The van der Waals surface area contributed by atoms with E-state index in [4.69, 9.17) is 0 Å². The van der Waals surface area contributed by atoms with Crippen LogP contribution in [0.4, 0.5) is 5.69 Å². The summed E-state index contributed by atoms with van der Waals surface area (Å²) in [5.74, 6) is -0.0502. The van der Waals surface area contributed by atoms with E-state index in [1.54, 1.807) is 24.3 Å². The molecule has 0 aromatic heterocycles. The zero-order valence-electron chi connectivity index (χ0n) is 16.6. The molecule has 1 aliphatic carbocycles. The Morgan fingerprint density at radius 3 is 2.36 bits per heavy atom. The molecular weight excluding hydrogens is 356 g/mol. The van der Waals surface area contributed by atoms with E-state index in [2.05, 4.69) is 10.6 Å². The predicted octanol–water partition coefficient (Wildman–Crippen LogP) is 1.85. The number of carbonyl (C=O) groups excluding carboxylic acids is 3. The molecule has 1 aromatic carbocycles. The monoisotopic (exact) mass is 386 g/mol. The maximum absolute atomic E-state index is 13.2. The maximum Gasteiger partial charge on any atom is 0.254 e. The number of hydrogen-bond donors (Lipinski definition) is 2. The molecule has 28 heavy (non-hydrogen) atoms. The molecule has 0 spiro atoms. The summed E-state index contributed by atoms with van der Waals surface area (Å²) in [5.41, 5.74) is 1.26. The number of anilines is 1. The van der Waals surface area contributed by atoms with Crippen LogP contribution in [0.3, 0.4) is 0 Å². The minimum absolute atomic E-state index is 0.0330. The quantitative estimate of drug-likeness (QED) is 0.782. The van der Waals surface area contributed by atoms with Gasteiger partial charge in [0.15, 0.2) is 0 Å². The van der Waals surface area contributed by atoms with Crippen LogP contribution < -0.4 is 10.6 Å². The number of rotatable bonds is 6. The molecule has 3 amide bonds. The molecule has 1 heterocycles. The number of carbonyl (C=O) groups is 3. The topological polar surface area (TPSA) is 81.8 Å². The molecule has 7 nitrogen and oxygen atoms in total. The minimum atomic E-state index is -0.141. The van der Waals surface area contributed by atoms with Crippen LogP contribution in [0.5, 0.6) is 0 Å². The van der Waals surface area contributed by atoms with Crippen molar-refractivity contribution in [1.29, 1.82) is 0 Å². The molecule has 152 valence electrons. The Morgan fingerprint density at radius 1 is 1.11 bits per heavy atom. The van der Waals surface area contributed by atoms with Crippen molar-refractivity contribution >= 4 is 23.4 Å². The van der Waals surface area contributed by atoms with Crippen LogP contribution in [0.1, 0.15) is 49.4 Å². The van der Waals surface area contributed by atoms with Gasteiger partial charge in [-0.3, -0.25) is 14.4 Å². The van der Waals surface area contributed by atoms with Gasteiger partial charge in [0.1, 0.15) is 0 Å². The fourth-order valence-electron chi connectivity index (χ4n) is 4.02. The largest absolute Gasteiger partial charge is 0.340 e. The average Bonchev–Trinajstić information content (AvgIpc) is 3.23. The number of benzene rings is 1. The zero-order chi connectivity index (χ0) is 19.9.